The lowest BCUT2D eigenvalue weighted by molar-refractivity contribution is -0.682. The number of esters is 1. The van der Waals surface area contributed by atoms with Gasteiger partial charge in [-0.15, -0.1) is 11.3 Å². The molecule has 3 rings (SSSR count). The lowest BCUT2D eigenvalue weighted by atomic mass is 10.1. The molecule has 6 heteroatoms. The first-order valence-corrected chi connectivity index (χ1v) is 11.0. The number of hydrogen-bond donors (Lipinski definition) is 2. The molecule has 0 aliphatic heterocycles. The SMILES string of the molecule is CCC[NH2+][C@H](C(=O)Nc1sc(-c2ccccc2)cc1C(=O)OCC)c1ccccc1. The minimum atomic E-state index is -0.431. The Morgan fingerprint density at radius 3 is 2.33 bits per heavy atom. The van der Waals surface area contributed by atoms with Gasteiger partial charge in [-0.25, -0.2) is 4.79 Å². The lowest BCUT2D eigenvalue weighted by Gasteiger charge is -2.15. The Labute approximate surface area is 181 Å². The van der Waals surface area contributed by atoms with Crippen LogP contribution in [0.1, 0.15) is 42.2 Å². The van der Waals surface area contributed by atoms with Gasteiger partial charge in [0.1, 0.15) is 5.00 Å². The van der Waals surface area contributed by atoms with E-state index in [1.54, 1.807) is 13.0 Å². The highest BCUT2D eigenvalue weighted by Gasteiger charge is 2.27. The second-order valence-corrected chi connectivity index (χ2v) is 7.89. The Kier molecular flexibility index (Phi) is 7.76. The van der Waals surface area contributed by atoms with Gasteiger partial charge in [0.15, 0.2) is 6.04 Å². The Balaban J connectivity index is 1.91. The molecule has 156 valence electrons. The summed E-state index contributed by atoms with van der Waals surface area (Å²) in [5.74, 6) is -0.582. The summed E-state index contributed by atoms with van der Waals surface area (Å²) in [6.45, 7) is 4.96. The molecule has 1 amide bonds. The predicted octanol–water partition coefficient (Wildman–Crippen LogP) is 4.25. The smallest absolute Gasteiger partial charge is 0.341 e. The highest BCUT2D eigenvalue weighted by atomic mass is 32.1. The third kappa shape index (κ3) is 5.34. The molecule has 3 N–H and O–H groups in total. The van der Waals surface area contributed by atoms with Crippen molar-refractivity contribution in [2.75, 3.05) is 18.5 Å². The maximum Gasteiger partial charge on any atom is 0.341 e. The number of benzene rings is 2. The summed E-state index contributed by atoms with van der Waals surface area (Å²) in [5, 5.41) is 5.54. The fraction of sp³-hybridized carbons (Fsp3) is 0.250. The number of rotatable bonds is 9. The van der Waals surface area contributed by atoms with Crippen molar-refractivity contribution in [1.29, 1.82) is 0 Å². The van der Waals surface area contributed by atoms with Crippen molar-refractivity contribution < 1.29 is 19.6 Å². The summed E-state index contributed by atoms with van der Waals surface area (Å²) >= 11 is 1.38. The van der Waals surface area contributed by atoms with Crippen molar-refractivity contribution >= 4 is 28.2 Å². The van der Waals surface area contributed by atoms with Crippen LogP contribution in [0.5, 0.6) is 0 Å². The summed E-state index contributed by atoms with van der Waals surface area (Å²) in [4.78, 5) is 26.6. The zero-order valence-electron chi connectivity index (χ0n) is 17.3. The van der Waals surface area contributed by atoms with E-state index in [9.17, 15) is 9.59 Å². The molecule has 0 saturated carbocycles. The highest BCUT2D eigenvalue weighted by molar-refractivity contribution is 7.20. The molecule has 0 saturated heterocycles. The maximum atomic E-state index is 13.2. The number of thiophene rings is 1. The van der Waals surface area contributed by atoms with Crippen LogP contribution in [0.15, 0.2) is 66.7 Å². The van der Waals surface area contributed by atoms with Crippen molar-refractivity contribution in [3.05, 3.63) is 77.9 Å². The zero-order valence-corrected chi connectivity index (χ0v) is 18.1. The monoisotopic (exact) mass is 423 g/mol. The fourth-order valence-electron chi connectivity index (χ4n) is 3.17. The fourth-order valence-corrected chi connectivity index (χ4v) is 4.22. The van der Waals surface area contributed by atoms with Crippen LogP contribution < -0.4 is 10.6 Å². The number of carbonyl (C=O) groups excluding carboxylic acids is 2. The molecule has 0 aliphatic rings. The van der Waals surface area contributed by atoms with Gasteiger partial charge in [0.25, 0.3) is 5.91 Å². The van der Waals surface area contributed by atoms with Crippen molar-refractivity contribution in [3.63, 3.8) is 0 Å². The highest BCUT2D eigenvalue weighted by Crippen LogP contribution is 2.36. The van der Waals surface area contributed by atoms with E-state index in [0.29, 0.717) is 10.6 Å². The van der Waals surface area contributed by atoms with Crippen LogP contribution in [0.3, 0.4) is 0 Å². The third-order valence-electron chi connectivity index (χ3n) is 4.65. The summed E-state index contributed by atoms with van der Waals surface area (Å²) in [6, 6.07) is 20.9. The molecule has 2 aromatic carbocycles. The first-order valence-electron chi connectivity index (χ1n) is 10.2. The van der Waals surface area contributed by atoms with Crippen molar-refractivity contribution in [2.24, 2.45) is 0 Å². The quantitative estimate of drug-likeness (QED) is 0.506. The molecule has 3 aromatic rings. The number of quaternary nitrogens is 1. The predicted molar refractivity (Wildman–Crippen MR) is 121 cm³/mol. The first-order chi connectivity index (χ1) is 14.6. The van der Waals surface area contributed by atoms with Crippen LogP contribution in [-0.4, -0.2) is 25.0 Å². The van der Waals surface area contributed by atoms with E-state index in [-0.39, 0.29) is 18.6 Å². The van der Waals surface area contributed by atoms with E-state index in [2.05, 4.69) is 12.2 Å². The average molecular weight is 424 g/mol. The normalized spacial score (nSPS) is 11.7. The molecule has 1 heterocycles. The molecule has 0 bridgehead atoms. The van der Waals surface area contributed by atoms with E-state index >= 15 is 0 Å². The number of nitrogens with one attached hydrogen (secondary N) is 1. The van der Waals surface area contributed by atoms with Gasteiger partial charge in [-0.3, -0.25) is 4.79 Å². The minimum Gasteiger partial charge on any atom is -0.462 e. The topological polar surface area (TPSA) is 72.0 Å². The Morgan fingerprint density at radius 1 is 1.03 bits per heavy atom. The molecule has 0 aliphatic carbocycles. The molecule has 5 nitrogen and oxygen atoms in total. The molecular weight excluding hydrogens is 396 g/mol. The van der Waals surface area contributed by atoms with Gasteiger partial charge in [0, 0.05) is 10.4 Å². The number of anilines is 1. The summed E-state index contributed by atoms with van der Waals surface area (Å²) in [5.41, 5.74) is 2.31. The van der Waals surface area contributed by atoms with Crippen molar-refractivity contribution in [3.8, 4) is 10.4 Å². The zero-order chi connectivity index (χ0) is 21.3. The standard InChI is InChI=1S/C24H26N2O3S/c1-3-15-25-21(18-13-9-6-10-14-18)22(27)26-23-19(24(28)29-4-2)16-20(30-23)17-11-7-5-8-12-17/h5-14,16,21,25H,3-4,15H2,1-2H3,(H,26,27)/p+1/t21-/m0/s1. The van der Waals surface area contributed by atoms with E-state index < -0.39 is 5.97 Å². The second kappa shape index (κ2) is 10.7. The Bertz CT molecular complexity index is 971. The molecule has 1 atom stereocenters. The van der Waals surface area contributed by atoms with Gasteiger partial charge in [0.05, 0.1) is 18.7 Å². The van der Waals surface area contributed by atoms with Crippen LogP contribution in [0.2, 0.25) is 0 Å². The van der Waals surface area contributed by atoms with E-state index in [1.807, 2.05) is 66.0 Å². The lowest BCUT2D eigenvalue weighted by Crippen LogP contribution is -2.87. The molecule has 1 aromatic heterocycles. The molecule has 0 radical (unpaired) electrons. The maximum absolute atomic E-state index is 13.2. The summed E-state index contributed by atoms with van der Waals surface area (Å²) in [7, 11) is 0. The molecular formula is C24H27N2O3S+. The molecule has 0 fully saturated rings. The summed E-state index contributed by atoms with van der Waals surface area (Å²) < 4.78 is 5.22. The number of amides is 1. The van der Waals surface area contributed by atoms with E-state index in [0.717, 1.165) is 29.0 Å². The molecule has 0 spiro atoms. The van der Waals surface area contributed by atoms with Gasteiger partial charge in [-0.05, 0) is 25.0 Å². The Hall–Kier alpha value is -2.96. The van der Waals surface area contributed by atoms with Crippen molar-refractivity contribution in [1.82, 2.24) is 0 Å². The van der Waals surface area contributed by atoms with Gasteiger partial charge in [-0.1, -0.05) is 67.6 Å². The number of ether oxygens (including phenoxy) is 1. The number of hydrogen-bond acceptors (Lipinski definition) is 4. The van der Waals surface area contributed by atoms with Crippen LogP contribution in [0.25, 0.3) is 10.4 Å². The average Bonchev–Trinajstić information content (AvgIpc) is 3.19. The van der Waals surface area contributed by atoms with Gasteiger partial charge in [-0.2, -0.15) is 0 Å². The van der Waals surface area contributed by atoms with Gasteiger partial charge < -0.3 is 15.4 Å². The minimum absolute atomic E-state index is 0.151. The molecule has 30 heavy (non-hydrogen) atoms. The molecule has 0 unspecified atom stereocenters. The van der Waals surface area contributed by atoms with Gasteiger partial charge >= 0.3 is 5.97 Å². The van der Waals surface area contributed by atoms with Crippen LogP contribution >= 0.6 is 11.3 Å². The van der Waals surface area contributed by atoms with Crippen LogP contribution in [0.4, 0.5) is 5.00 Å². The van der Waals surface area contributed by atoms with E-state index in [4.69, 9.17) is 4.74 Å². The Morgan fingerprint density at radius 2 is 1.70 bits per heavy atom. The first kappa shape index (κ1) is 21.7. The van der Waals surface area contributed by atoms with Crippen LogP contribution in [0, 0.1) is 0 Å². The second-order valence-electron chi connectivity index (χ2n) is 6.84. The summed E-state index contributed by atoms with van der Waals surface area (Å²) in [6.07, 6.45) is 0.960. The van der Waals surface area contributed by atoms with Crippen molar-refractivity contribution in [2.45, 2.75) is 26.3 Å². The number of carbonyl (C=O) groups is 2. The number of nitrogens with two attached hydrogens (primary N) is 1. The van der Waals surface area contributed by atoms with Crippen LogP contribution in [-0.2, 0) is 9.53 Å². The largest absolute Gasteiger partial charge is 0.462 e. The third-order valence-corrected chi connectivity index (χ3v) is 5.75. The van der Waals surface area contributed by atoms with Gasteiger partial charge in [0.2, 0.25) is 0 Å². The van der Waals surface area contributed by atoms with E-state index in [1.165, 1.54) is 11.3 Å².